The van der Waals surface area contributed by atoms with Crippen molar-refractivity contribution in [1.29, 1.82) is 0 Å². The van der Waals surface area contributed by atoms with Crippen molar-refractivity contribution in [3.05, 3.63) is 45.9 Å². The monoisotopic (exact) mass is 400 g/mol. The maximum atomic E-state index is 6.13. The van der Waals surface area contributed by atoms with Crippen LogP contribution in [0.1, 0.15) is 0 Å². The van der Waals surface area contributed by atoms with Crippen LogP contribution in [0.25, 0.3) is 0 Å². The van der Waals surface area contributed by atoms with Gasteiger partial charge in [0.05, 0.1) is 24.9 Å². The minimum Gasteiger partial charge on any atom is -0.495 e. The molecule has 0 fully saturated rings. The molecule has 116 valence electrons. The minimum atomic E-state index is 0.432. The molecule has 0 aliphatic carbocycles. The van der Waals surface area contributed by atoms with Crippen molar-refractivity contribution in [2.75, 3.05) is 24.9 Å². The van der Waals surface area contributed by atoms with Gasteiger partial charge >= 0.3 is 0 Å². The van der Waals surface area contributed by atoms with Crippen molar-refractivity contribution >= 4 is 56.2 Å². The second-order valence-electron chi connectivity index (χ2n) is 4.27. The molecule has 0 aliphatic rings. The molecule has 4 nitrogen and oxygen atoms in total. The Morgan fingerprint density at radius 2 is 1.68 bits per heavy atom. The molecule has 0 aromatic heterocycles. The van der Waals surface area contributed by atoms with Crippen molar-refractivity contribution in [2.24, 2.45) is 0 Å². The Balaban J connectivity index is 2.14. The van der Waals surface area contributed by atoms with Crippen molar-refractivity contribution < 1.29 is 9.47 Å². The zero-order valence-corrected chi connectivity index (χ0v) is 15.1. The molecule has 0 spiro atoms. The second kappa shape index (κ2) is 7.67. The number of hydrogen-bond acceptors (Lipinski definition) is 3. The molecule has 2 rings (SSSR count). The first-order chi connectivity index (χ1) is 10.5. The molecule has 0 amide bonds. The van der Waals surface area contributed by atoms with Crippen LogP contribution in [0.15, 0.2) is 40.9 Å². The van der Waals surface area contributed by atoms with Crippen LogP contribution in [-0.4, -0.2) is 19.3 Å². The van der Waals surface area contributed by atoms with Crippen molar-refractivity contribution in [2.45, 2.75) is 0 Å². The van der Waals surface area contributed by atoms with Gasteiger partial charge in [-0.15, -0.1) is 0 Å². The summed E-state index contributed by atoms with van der Waals surface area (Å²) in [5, 5.41) is 7.05. The molecule has 0 saturated heterocycles. The van der Waals surface area contributed by atoms with Gasteiger partial charge in [-0.05, 0) is 42.5 Å². The number of anilines is 2. The maximum Gasteiger partial charge on any atom is 0.175 e. The molecule has 0 bridgehead atoms. The van der Waals surface area contributed by atoms with Crippen molar-refractivity contribution in [3.8, 4) is 11.5 Å². The third kappa shape index (κ3) is 4.25. The molecule has 22 heavy (non-hydrogen) atoms. The van der Waals surface area contributed by atoms with E-state index in [4.69, 9.17) is 33.3 Å². The quantitative estimate of drug-likeness (QED) is 0.711. The van der Waals surface area contributed by atoms with Gasteiger partial charge in [-0.3, -0.25) is 0 Å². The molecule has 0 radical (unpaired) electrons. The molecule has 0 saturated carbocycles. The summed E-state index contributed by atoms with van der Waals surface area (Å²) in [5.74, 6) is 1.12. The van der Waals surface area contributed by atoms with E-state index in [1.807, 2.05) is 24.3 Å². The van der Waals surface area contributed by atoms with Crippen LogP contribution in [0.5, 0.6) is 11.5 Å². The Kier molecular flexibility index (Phi) is 5.88. The first-order valence-corrected chi connectivity index (χ1v) is 7.86. The van der Waals surface area contributed by atoms with Gasteiger partial charge in [0.25, 0.3) is 0 Å². The number of ether oxygens (including phenoxy) is 2. The van der Waals surface area contributed by atoms with Gasteiger partial charge in [0.2, 0.25) is 0 Å². The summed E-state index contributed by atoms with van der Waals surface area (Å²) in [6.45, 7) is 0. The van der Waals surface area contributed by atoms with Gasteiger partial charge in [-0.2, -0.15) is 0 Å². The van der Waals surface area contributed by atoms with Gasteiger partial charge in [-0.25, -0.2) is 0 Å². The molecule has 0 atom stereocenters. The largest absolute Gasteiger partial charge is 0.495 e. The first kappa shape index (κ1) is 16.9. The molecule has 7 heteroatoms. The molecular weight excluding hydrogens is 388 g/mol. The zero-order chi connectivity index (χ0) is 16.1. The third-order valence-corrected chi connectivity index (χ3v) is 3.85. The summed E-state index contributed by atoms with van der Waals surface area (Å²) in [4.78, 5) is 0. The number of methoxy groups -OCH3 is 2. The van der Waals surface area contributed by atoms with Gasteiger partial charge in [0.15, 0.2) is 5.11 Å². The summed E-state index contributed by atoms with van der Waals surface area (Å²) in [6, 6.07) is 11.1. The lowest BCUT2D eigenvalue weighted by atomic mass is 10.2. The van der Waals surface area contributed by atoms with Gasteiger partial charge in [0.1, 0.15) is 11.5 Å². The Morgan fingerprint density at radius 1 is 1.05 bits per heavy atom. The van der Waals surface area contributed by atoms with E-state index in [0.717, 1.165) is 10.2 Å². The number of thiocarbonyl (C=S) groups is 1. The van der Waals surface area contributed by atoms with E-state index in [-0.39, 0.29) is 0 Å². The Labute approximate surface area is 147 Å². The topological polar surface area (TPSA) is 42.5 Å². The average Bonchev–Trinajstić information content (AvgIpc) is 2.50. The average molecular weight is 402 g/mol. The van der Waals surface area contributed by atoms with Crippen molar-refractivity contribution in [3.63, 3.8) is 0 Å². The smallest absolute Gasteiger partial charge is 0.175 e. The summed E-state index contributed by atoms with van der Waals surface area (Å²) < 4.78 is 11.5. The van der Waals surface area contributed by atoms with E-state index >= 15 is 0 Å². The van der Waals surface area contributed by atoms with E-state index in [9.17, 15) is 0 Å². The lowest BCUT2D eigenvalue weighted by Crippen LogP contribution is -2.19. The van der Waals surface area contributed by atoms with Crippen LogP contribution < -0.4 is 20.1 Å². The predicted octanol–water partition coefficient (Wildman–Crippen LogP) is 4.93. The zero-order valence-electron chi connectivity index (χ0n) is 11.9. The molecule has 0 aliphatic heterocycles. The lowest BCUT2D eigenvalue weighted by Gasteiger charge is -2.15. The van der Waals surface area contributed by atoms with E-state index < -0.39 is 0 Å². The molecule has 2 aromatic rings. The number of nitrogens with one attached hydrogen (secondary N) is 2. The normalized spacial score (nSPS) is 10.0. The second-order valence-corrected chi connectivity index (χ2v) is 6.00. The summed E-state index contributed by atoms with van der Waals surface area (Å²) in [7, 11) is 3.12. The minimum absolute atomic E-state index is 0.432. The predicted molar refractivity (Wildman–Crippen MR) is 98.5 cm³/mol. The van der Waals surface area contributed by atoms with Gasteiger partial charge < -0.3 is 20.1 Å². The molecule has 2 N–H and O–H groups in total. The molecule has 2 aromatic carbocycles. The molecule has 0 heterocycles. The van der Waals surface area contributed by atoms with Crippen molar-refractivity contribution in [1.82, 2.24) is 0 Å². The Hall–Kier alpha value is -1.50. The summed E-state index contributed by atoms with van der Waals surface area (Å²) >= 11 is 14.8. The highest BCUT2D eigenvalue weighted by atomic mass is 79.9. The number of rotatable bonds is 4. The Morgan fingerprint density at radius 3 is 2.27 bits per heavy atom. The van der Waals surface area contributed by atoms with Crippen LogP contribution in [0.4, 0.5) is 11.4 Å². The fraction of sp³-hybridized carbons (Fsp3) is 0.133. The van der Waals surface area contributed by atoms with E-state index in [1.54, 1.807) is 26.4 Å². The summed E-state index contributed by atoms with van der Waals surface area (Å²) in [5.41, 5.74) is 1.53. The van der Waals surface area contributed by atoms with Gasteiger partial charge in [-0.1, -0.05) is 27.5 Å². The summed E-state index contributed by atoms with van der Waals surface area (Å²) in [6.07, 6.45) is 0. The van der Waals surface area contributed by atoms with E-state index in [0.29, 0.717) is 27.3 Å². The molecular formula is C15H14BrClN2O2S. The number of benzene rings is 2. The highest BCUT2D eigenvalue weighted by Crippen LogP contribution is 2.35. The SMILES string of the molecule is COc1cc(OC)c(NC(=S)Nc2ccc(Br)cc2)cc1Cl. The van der Waals surface area contributed by atoms with Crippen LogP contribution in [0.2, 0.25) is 5.02 Å². The lowest BCUT2D eigenvalue weighted by molar-refractivity contribution is 0.396. The van der Waals surface area contributed by atoms with E-state index in [1.165, 1.54) is 0 Å². The fourth-order valence-electron chi connectivity index (χ4n) is 1.78. The third-order valence-electron chi connectivity index (χ3n) is 2.82. The van der Waals surface area contributed by atoms with Crippen LogP contribution in [0, 0.1) is 0 Å². The molecule has 0 unspecified atom stereocenters. The standard InChI is InChI=1S/C15H14BrClN2O2S/c1-20-13-8-14(21-2)12(7-11(13)17)19-15(22)18-10-5-3-9(16)4-6-10/h3-8H,1-2H3,(H2,18,19,22). The number of hydrogen-bond donors (Lipinski definition) is 2. The highest BCUT2D eigenvalue weighted by molar-refractivity contribution is 9.10. The first-order valence-electron chi connectivity index (χ1n) is 6.28. The maximum absolute atomic E-state index is 6.13. The van der Waals surface area contributed by atoms with Crippen LogP contribution in [0.3, 0.4) is 0 Å². The van der Waals surface area contributed by atoms with Crippen LogP contribution in [-0.2, 0) is 0 Å². The highest BCUT2D eigenvalue weighted by Gasteiger charge is 2.11. The van der Waals surface area contributed by atoms with E-state index in [2.05, 4.69) is 26.6 Å². The van der Waals surface area contributed by atoms with Gasteiger partial charge in [0, 0.05) is 16.2 Å². The van der Waals surface area contributed by atoms with Crippen LogP contribution >= 0.6 is 39.7 Å². The Bertz CT molecular complexity index is 680. The number of halogens is 2. The fourth-order valence-corrected chi connectivity index (χ4v) is 2.51.